The number of hydrogen-bond donors (Lipinski definition) is 1. The summed E-state index contributed by atoms with van der Waals surface area (Å²) in [4.78, 5) is 24.1. The van der Waals surface area contributed by atoms with E-state index in [0.717, 1.165) is 44.2 Å². The predicted octanol–water partition coefficient (Wildman–Crippen LogP) is 6.51. The first-order valence-electron chi connectivity index (χ1n) is 10.7. The third-order valence-electron chi connectivity index (χ3n) is 4.68. The first kappa shape index (κ1) is 25.2. The van der Waals surface area contributed by atoms with Crippen molar-refractivity contribution in [1.29, 1.82) is 0 Å². The van der Waals surface area contributed by atoms with Gasteiger partial charge in [0.25, 0.3) is 0 Å². The molecular weight excluding hydrogens is 423 g/mol. The van der Waals surface area contributed by atoms with Gasteiger partial charge in [0.15, 0.2) is 0 Å². The summed E-state index contributed by atoms with van der Waals surface area (Å²) in [6, 6.07) is 11.0. The quantitative estimate of drug-likeness (QED) is 0.294. The van der Waals surface area contributed by atoms with Crippen LogP contribution < -0.4 is 5.32 Å². The van der Waals surface area contributed by atoms with Crippen LogP contribution >= 0.6 is 0 Å². The minimum atomic E-state index is -4.47. The zero-order valence-electron chi connectivity index (χ0n) is 18.0. The number of carbonyl (C=O) groups excluding carboxylic acids is 2. The van der Waals surface area contributed by atoms with Crippen molar-refractivity contribution in [3.05, 3.63) is 59.7 Å². The van der Waals surface area contributed by atoms with Crippen molar-refractivity contribution in [2.24, 2.45) is 0 Å². The lowest BCUT2D eigenvalue weighted by molar-refractivity contribution is -0.144. The molecule has 2 aromatic carbocycles. The van der Waals surface area contributed by atoms with E-state index in [0.29, 0.717) is 12.1 Å². The van der Waals surface area contributed by atoms with Gasteiger partial charge in [-0.05, 0) is 36.8 Å². The number of benzene rings is 2. The van der Waals surface area contributed by atoms with E-state index < -0.39 is 17.7 Å². The van der Waals surface area contributed by atoms with Crippen LogP contribution in [-0.2, 0) is 20.4 Å². The van der Waals surface area contributed by atoms with Crippen molar-refractivity contribution in [3.8, 4) is 0 Å². The van der Waals surface area contributed by atoms with Gasteiger partial charge in [-0.25, -0.2) is 4.79 Å². The molecule has 0 spiro atoms. The fourth-order valence-electron chi connectivity index (χ4n) is 3.01. The molecule has 0 fully saturated rings. The molecule has 0 aliphatic rings. The van der Waals surface area contributed by atoms with Gasteiger partial charge in [-0.1, -0.05) is 50.8 Å². The Morgan fingerprint density at radius 2 is 1.62 bits per heavy atom. The molecule has 2 rings (SSSR count). The molecule has 0 unspecified atom stereocenters. The Bertz CT molecular complexity index is 884. The molecule has 5 nitrogen and oxygen atoms in total. The number of anilines is 2. The lowest BCUT2D eigenvalue weighted by Gasteiger charge is -2.13. The third-order valence-corrected chi connectivity index (χ3v) is 4.68. The number of rotatable bonds is 12. The molecule has 0 heterocycles. The summed E-state index contributed by atoms with van der Waals surface area (Å²) in [5.74, 6) is -1.00. The number of nitrogens with one attached hydrogen (secondary N) is 1. The highest BCUT2D eigenvalue weighted by atomic mass is 19.4. The van der Waals surface area contributed by atoms with Gasteiger partial charge in [0, 0.05) is 12.1 Å². The van der Waals surface area contributed by atoms with Gasteiger partial charge < -0.3 is 14.8 Å². The van der Waals surface area contributed by atoms with Crippen LogP contribution in [0.1, 0.15) is 61.4 Å². The van der Waals surface area contributed by atoms with Gasteiger partial charge in [-0.3, -0.25) is 4.79 Å². The largest absolute Gasteiger partial charge is 0.462 e. The maximum absolute atomic E-state index is 12.9. The number of esters is 2. The van der Waals surface area contributed by atoms with Gasteiger partial charge in [-0.15, -0.1) is 0 Å². The number of hydrogen-bond acceptors (Lipinski definition) is 5. The molecule has 0 radical (unpaired) electrons. The Hall–Kier alpha value is -3.03. The summed E-state index contributed by atoms with van der Waals surface area (Å²) in [6.45, 7) is 1.95. The topological polar surface area (TPSA) is 64.6 Å². The summed E-state index contributed by atoms with van der Waals surface area (Å²) >= 11 is 0. The van der Waals surface area contributed by atoms with E-state index in [1.54, 1.807) is 18.2 Å². The second kappa shape index (κ2) is 12.7. The lowest BCUT2D eigenvalue weighted by Crippen LogP contribution is -2.15. The normalized spacial score (nSPS) is 11.1. The van der Waals surface area contributed by atoms with Crippen molar-refractivity contribution in [1.82, 2.24) is 0 Å². The maximum Gasteiger partial charge on any atom is 0.416 e. The van der Waals surface area contributed by atoms with Gasteiger partial charge in [-0.2, -0.15) is 13.2 Å². The highest BCUT2D eigenvalue weighted by molar-refractivity contribution is 5.96. The van der Waals surface area contributed by atoms with Crippen LogP contribution in [-0.4, -0.2) is 25.2 Å². The number of ether oxygens (including phenoxy) is 2. The van der Waals surface area contributed by atoms with Gasteiger partial charge in [0.05, 0.1) is 16.8 Å². The molecule has 2 aromatic rings. The van der Waals surface area contributed by atoms with Gasteiger partial charge >= 0.3 is 18.1 Å². The Balaban J connectivity index is 1.84. The van der Waals surface area contributed by atoms with E-state index >= 15 is 0 Å². The van der Waals surface area contributed by atoms with Crippen LogP contribution in [0.25, 0.3) is 0 Å². The number of halogens is 3. The van der Waals surface area contributed by atoms with Crippen molar-refractivity contribution < 1.29 is 32.2 Å². The molecule has 32 heavy (non-hydrogen) atoms. The maximum atomic E-state index is 12.9. The Morgan fingerprint density at radius 1 is 0.906 bits per heavy atom. The fraction of sp³-hybridized carbons (Fsp3) is 0.417. The predicted molar refractivity (Wildman–Crippen MR) is 116 cm³/mol. The SMILES string of the molecule is CCCCCCCC(=O)OCCOC(=O)c1ccccc1Nc1cccc(C(F)(F)F)c1. The summed E-state index contributed by atoms with van der Waals surface area (Å²) in [7, 11) is 0. The van der Waals surface area contributed by atoms with E-state index in [-0.39, 0.29) is 30.4 Å². The van der Waals surface area contributed by atoms with Crippen LogP contribution in [0.5, 0.6) is 0 Å². The van der Waals surface area contributed by atoms with Crippen molar-refractivity contribution >= 4 is 23.3 Å². The second-order valence-electron chi connectivity index (χ2n) is 7.27. The molecule has 0 saturated carbocycles. The number of para-hydroxylation sites is 1. The zero-order valence-corrected chi connectivity index (χ0v) is 18.0. The lowest BCUT2D eigenvalue weighted by atomic mass is 10.1. The average molecular weight is 451 g/mol. The van der Waals surface area contributed by atoms with Gasteiger partial charge in [0.2, 0.25) is 0 Å². The molecule has 174 valence electrons. The fourth-order valence-corrected chi connectivity index (χ4v) is 3.01. The summed E-state index contributed by atoms with van der Waals surface area (Å²) < 4.78 is 49.0. The monoisotopic (exact) mass is 451 g/mol. The molecule has 0 aliphatic carbocycles. The van der Waals surface area contributed by atoms with E-state index in [1.165, 1.54) is 18.2 Å². The molecule has 0 aliphatic heterocycles. The molecule has 0 amide bonds. The minimum Gasteiger partial charge on any atom is -0.462 e. The molecule has 0 atom stereocenters. The first-order valence-corrected chi connectivity index (χ1v) is 10.7. The van der Waals surface area contributed by atoms with E-state index in [9.17, 15) is 22.8 Å². The standard InChI is InChI=1S/C24H28F3NO4/c1-2-3-4-5-6-14-22(29)31-15-16-32-23(30)20-12-7-8-13-21(20)28-19-11-9-10-18(17-19)24(25,26)27/h7-13,17,28H,2-6,14-16H2,1H3. The highest BCUT2D eigenvalue weighted by Crippen LogP contribution is 2.32. The Kier molecular flexibility index (Phi) is 10.0. The Labute approximate surface area is 185 Å². The minimum absolute atomic E-state index is 0.0528. The van der Waals surface area contributed by atoms with E-state index in [1.807, 2.05) is 0 Å². The molecular formula is C24H28F3NO4. The number of unbranched alkanes of at least 4 members (excludes halogenated alkanes) is 4. The van der Waals surface area contributed by atoms with Crippen LogP contribution in [0, 0.1) is 0 Å². The van der Waals surface area contributed by atoms with Crippen molar-refractivity contribution in [2.75, 3.05) is 18.5 Å². The van der Waals surface area contributed by atoms with Crippen LogP contribution in [0.15, 0.2) is 48.5 Å². The van der Waals surface area contributed by atoms with Crippen molar-refractivity contribution in [2.45, 2.75) is 51.6 Å². The third kappa shape index (κ3) is 8.61. The molecule has 0 saturated heterocycles. The highest BCUT2D eigenvalue weighted by Gasteiger charge is 2.30. The second-order valence-corrected chi connectivity index (χ2v) is 7.27. The zero-order chi connectivity index (χ0) is 23.4. The average Bonchev–Trinajstić information content (AvgIpc) is 2.76. The number of carbonyl (C=O) groups is 2. The van der Waals surface area contributed by atoms with Gasteiger partial charge in [0.1, 0.15) is 13.2 Å². The van der Waals surface area contributed by atoms with Crippen LogP contribution in [0.4, 0.5) is 24.5 Å². The number of alkyl halides is 3. The smallest absolute Gasteiger partial charge is 0.416 e. The summed E-state index contributed by atoms with van der Waals surface area (Å²) in [5, 5.41) is 2.83. The summed E-state index contributed by atoms with van der Waals surface area (Å²) in [6.07, 6.45) is 0.990. The molecule has 0 bridgehead atoms. The van der Waals surface area contributed by atoms with E-state index in [4.69, 9.17) is 9.47 Å². The van der Waals surface area contributed by atoms with Crippen LogP contribution in [0.2, 0.25) is 0 Å². The van der Waals surface area contributed by atoms with Crippen LogP contribution in [0.3, 0.4) is 0 Å². The van der Waals surface area contributed by atoms with E-state index in [2.05, 4.69) is 12.2 Å². The molecule has 8 heteroatoms. The molecule has 1 N–H and O–H groups in total. The molecule has 0 aromatic heterocycles. The first-order chi connectivity index (χ1) is 15.3. The van der Waals surface area contributed by atoms with Crippen molar-refractivity contribution in [3.63, 3.8) is 0 Å². The summed E-state index contributed by atoms with van der Waals surface area (Å²) in [5.41, 5.74) is -0.143. The Morgan fingerprint density at radius 3 is 2.38 bits per heavy atom.